The van der Waals surface area contributed by atoms with Crippen LogP contribution >= 0.6 is 23.2 Å². The molecular formula is C9H8Cl2N4. The zero-order chi connectivity index (χ0) is 10.7. The Kier molecular flexibility index (Phi) is 3.18. The largest absolute Gasteiger partial charge is 0.204 e. The number of alkyl halides is 1. The quantitative estimate of drug-likeness (QED) is 0.776. The van der Waals surface area contributed by atoms with Gasteiger partial charge in [-0.25, -0.2) is 0 Å². The van der Waals surface area contributed by atoms with Crippen molar-refractivity contribution in [3.63, 3.8) is 0 Å². The summed E-state index contributed by atoms with van der Waals surface area (Å²) < 4.78 is 0. The Morgan fingerprint density at radius 2 is 2.20 bits per heavy atom. The molecule has 0 radical (unpaired) electrons. The normalized spacial score (nSPS) is 10.5. The maximum absolute atomic E-state index is 5.86. The van der Waals surface area contributed by atoms with Crippen molar-refractivity contribution in [3.05, 3.63) is 29.3 Å². The molecule has 0 amide bonds. The third kappa shape index (κ3) is 2.46. The number of aromatic nitrogens is 4. The van der Waals surface area contributed by atoms with Crippen molar-refractivity contribution >= 4 is 23.2 Å². The molecular weight excluding hydrogens is 235 g/mol. The summed E-state index contributed by atoms with van der Waals surface area (Å²) in [6.07, 6.45) is 0. The minimum Gasteiger partial charge on any atom is -0.163 e. The summed E-state index contributed by atoms with van der Waals surface area (Å²) in [4.78, 5) is 1.46. The molecule has 2 aromatic rings. The monoisotopic (exact) mass is 242 g/mol. The first-order valence-electron chi connectivity index (χ1n) is 4.39. The van der Waals surface area contributed by atoms with Gasteiger partial charge in [0, 0.05) is 16.5 Å². The highest BCUT2D eigenvalue weighted by Crippen LogP contribution is 2.18. The fourth-order valence-electron chi connectivity index (χ4n) is 1.16. The second kappa shape index (κ2) is 4.59. The second-order valence-electron chi connectivity index (χ2n) is 2.91. The molecule has 0 fully saturated rings. The number of hydrogen-bond acceptors (Lipinski definition) is 3. The van der Waals surface area contributed by atoms with Gasteiger partial charge in [0.2, 0.25) is 5.82 Å². The Labute approximate surface area is 96.8 Å². The number of benzene rings is 1. The van der Waals surface area contributed by atoms with Crippen LogP contribution in [0.25, 0.3) is 11.4 Å². The highest BCUT2D eigenvalue weighted by atomic mass is 35.5. The Morgan fingerprint density at radius 3 is 2.93 bits per heavy atom. The van der Waals surface area contributed by atoms with Gasteiger partial charge in [-0.15, -0.1) is 21.8 Å². The summed E-state index contributed by atoms with van der Waals surface area (Å²) >= 11 is 11.4. The van der Waals surface area contributed by atoms with Crippen LogP contribution in [0.3, 0.4) is 0 Å². The second-order valence-corrected chi connectivity index (χ2v) is 3.72. The summed E-state index contributed by atoms with van der Waals surface area (Å²) in [5, 5.41) is 12.6. The molecule has 0 saturated carbocycles. The molecule has 78 valence electrons. The van der Waals surface area contributed by atoms with Crippen LogP contribution in [0.4, 0.5) is 0 Å². The van der Waals surface area contributed by atoms with E-state index in [1.165, 1.54) is 4.80 Å². The van der Waals surface area contributed by atoms with Gasteiger partial charge in [0.1, 0.15) is 0 Å². The molecule has 4 nitrogen and oxygen atoms in total. The van der Waals surface area contributed by atoms with Gasteiger partial charge in [-0.05, 0) is 17.3 Å². The number of rotatable bonds is 3. The maximum atomic E-state index is 5.86. The average molecular weight is 243 g/mol. The first-order chi connectivity index (χ1) is 7.29. The number of tetrazole rings is 1. The van der Waals surface area contributed by atoms with Crippen LogP contribution in [0.2, 0.25) is 5.02 Å². The third-order valence-electron chi connectivity index (χ3n) is 1.82. The highest BCUT2D eigenvalue weighted by molar-refractivity contribution is 6.30. The molecule has 0 aliphatic carbocycles. The summed E-state index contributed by atoms with van der Waals surface area (Å²) in [6, 6.07) is 7.33. The fraction of sp³-hybridized carbons (Fsp3) is 0.222. The molecule has 0 spiro atoms. The summed E-state index contributed by atoms with van der Waals surface area (Å²) in [7, 11) is 0. The Morgan fingerprint density at radius 1 is 1.33 bits per heavy atom. The molecule has 1 aromatic carbocycles. The molecule has 1 heterocycles. The van der Waals surface area contributed by atoms with Crippen LogP contribution in [0, 0.1) is 0 Å². The van der Waals surface area contributed by atoms with Gasteiger partial charge in [0.15, 0.2) is 0 Å². The molecule has 1 aromatic heterocycles. The van der Waals surface area contributed by atoms with Crippen LogP contribution in [-0.4, -0.2) is 26.1 Å². The van der Waals surface area contributed by atoms with Crippen molar-refractivity contribution < 1.29 is 0 Å². The lowest BCUT2D eigenvalue weighted by molar-refractivity contribution is 0.556. The van der Waals surface area contributed by atoms with E-state index >= 15 is 0 Å². The van der Waals surface area contributed by atoms with Crippen LogP contribution in [0.1, 0.15) is 0 Å². The zero-order valence-electron chi connectivity index (χ0n) is 7.77. The van der Waals surface area contributed by atoms with Gasteiger partial charge in [-0.2, -0.15) is 4.80 Å². The van der Waals surface area contributed by atoms with Gasteiger partial charge >= 0.3 is 0 Å². The lowest BCUT2D eigenvalue weighted by Gasteiger charge is -1.94. The van der Waals surface area contributed by atoms with E-state index in [4.69, 9.17) is 23.2 Å². The number of nitrogens with zero attached hydrogens (tertiary/aromatic N) is 4. The van der Waals surface area contributed by atoms with E-state index in [1.807, 2.05) is 12.1 Å². The summed E-state index contributed by atoms with van der Waals surface area (Å²) in [5.74, 6) is 1.02. The van der Waals surface area contributed by atoms with Crippen molar-refractivity contribution in [1.29, 1.82) is 0 Å². The van der Waals surface area contributed by atoms with E-state index in [0.717, 1.165) is 5.56 Å². The third-order valence-corrected chi connectivity index (χ3v) is 2.22. The van der Waals surface area contributed by atoms with Crippen molar-refractivity contribution in [3.8, 4) is 11.4 Å². The molecule has 0 aliphatic rings. The van der Waals surface area contributed by atoms with E-state index in [-0.39, 0.29) is 0 Å². The predicted molar refractivity (Wildman–Crippen MR) is 59.0 cm³/mol. The molecule has 0 unspecified atom stereocenters. The predicted octanol–water partition coefficient (Wildman–Crippen LogP) is 2.23. The SMILES string of the molecule is ClCCn1nnc(-c2cccc(Cl)c2)n1. The molecule has 0 atom stereocenters. The van der Waals surface area contributed by atoms with Crippen LogP contribution in [-0.2, 0) is 6.54 Å². The van der Waals surface area contributed by atoms with Gasteiger partial charge < -0.3 is 0 Å². The van der Waals surface area contributed by atoms with E-state index in [9.17, 15) is 0 Å². The van der Waals surface area contributed by atoms with Crippen LogP contribution in [0.15, 0.2) is 24.3 Å². The first-order valence-corrected chi connectivity index (χ1v) is 5.30. The maximum Gasteiger partial charge on any atom is 0.204 e. The standard InChI is InChI=1S/C9H8Cl2N4/c10-4-5-15-13-9(12-14-15)7-2-1-3-8(11)6-7/h1-3,6H,4-5H2. The van der Waals surface area contributed by atoms with Gasteiger partial charge in [0.05, 0.1) is 6.54 Å². The topological polar surface area (TPSA) is 43.6 Å². The Bertz CT molecular complexity index is 455. The molecule has 0 N–H and O–H groups in total. The molecule has 6 heteroatoms. The summed E-state index contributed by atoms with van der Waals surface area (Å²) in [5.41, 5.74) is 0.850. The fourth-order valence-corrected chi connectivity index (χ4v) is 1.50. The van der Waals surface area contributed by atoms with E-state index < -0.39 is 0 Å². The molecule has 15 heavy (non-hydrogen) atoms. The van der Waals surface area contributed by atoms with Gasteiger partial charge in [-0.3, -0.25) is 0 Å². The van der Waals surface area contributed by atoms with Gasteiger partial charge in [0.25, 0.3) is 0 Å². The smallest absolute Gasteiger partial charge is 0.163 e. The lowest BCUT2D eigenvalue weighted by atomic mass is 10.2. The molecule has 0 saturated heterocycles. The lowest BCUT2D eigenvalue weighted by Crippen LogP contribution is -2.03. The number of aryl methyl sites for hydroxylation is 1. The zero-order valence-corrected chi connectivity index (χ0v) is 9.28. The van der Waals surface area contributed by atoms with Gasteiger partial charge in [-0.1, -0.05) is 23.7 Å². The summed E-state index contributed by atoms with van der Waals surface area (Å²) in [6.45, 7) is 0.551. The Hall–Kier alpha value is -1.13. The van der Waals surface area contributed by atoms with E-state index in [2.05, 4.69) is 15.4 Å². The minimum atomic E-state index is 0.464. The minimum absolute atomic E-state index is 0.464. The number of hydrogen-bond donors (Lipinski definition) is 0. The highest BCUT2D eigenvalue weighted by Gasteiger charge is 2.05. The molecule has 2 rings (SSSR count). The Balaban J connectivity index is 2.29. The van der Waals surface area contributed by atoms with Crippen LogP contribution < -0.4 is 0 Å². The van der Waals surface area contributed by atoms with E-state index in [1.54, 1.807) is 12.1 Å². The number of halogens is 2. The van der Waals surface area contributed by atoms with E-state index in [0.29, 0.717) is 23.3 Å². The molecule has 0 bridgehead atoms. The van der Waals surface area contributed by atoms with Crippen molar-refractivity contribution in [2.75, 3.05) is 5.88 Å². The average Bonchev–Trinajstić information content (AvgIpc) is 2.67. The van der Waals surface area contributed by atoms with Crippen LogP contribution in [0.5, 0.6) is 0 Å². The first kappa shape index (κ1) is 10.4. The van der Waals surface area contributed by atoms with Crippen molar-refractivity contribution in [2.24, 2.45) is 0 Å². The van der Waals surface area contributed by atoms with Crippen molar-refractivity contribution in [1.82, 2.24) is 20.2 Å². The van der Waals surface area contributed by atoms with Crippen molar-refractivity contribution in [2.45, 2.75) is 6.54 Å². The molecule has 0 aliphatic heterocycles.